The minimum atomic E-state index is -3.65. The van der Waals surface area contributed by atoms with E-state index < -0.39 is 15.4 Å². The molecule has 1 unspecified atom stereocenters. The van der Waals surface area contributed by atoms with Crippen molar-refractivity contribution in [2.45, 2.75) is 69.2 Å². The number of nitrogens with one attached hydrogen (secondary N) is 2. The Kier molecular flexibility index (Phi) is 6.03. The highest BCUT2D eigenvalue weighted by Crippen LogP contribution is 2.48. The maximum Gasteiger partial charge on any atom is 0.261 e. The van der Waals surface area contributed by atoms with Gasteiger partial charge in [0.25, 0.3) is 10.0 Å². The van der Waals surface area contributed by atoms with Crippen LogP contribution in [0.1, 0.15) is 64.0 Å². The Bertz CT molecular complexity index is 960. The minimum absolute atomic E-state index is 0.0606. The first-order valence-corrected chi connectivity index (χ1v) is 11.7. The molecule has 0 bridgehead atoms. The molecule has 0 radical (unpaired) electrons. The van der Waals surface area contributed by atoms with Crippen LogP contribution in [0.4, 0.5) is 5.69 Å². The summed E-state index contributed by atoms with van der Waals surface area (Å²) < 4.78 is 28.0. The molecule has 2 aromatic carbocycles. The van der Waals surface area contributed by atoms with Crippen molar-refractivity contribution >= 4 is 21.6 Å². The molecule has 1 aliphatic carbocycles. The van der Waals surface area contributed by atoms with Crippen molar-refractivity contribution in [3.05, 3.63) is 59.7 Å². The molecule has 3 rings (SSSR count). The molecule has 1 aliphatic rings. The van der Waals surface area contributed by atoms with Crippen LogP contribution in [0.2, 0.25) is 0 Å². The van der Waals surface area contributed by atoms with Gasteiger partial charge in [-0.05, 0) is 67.5 Å². The normalized spacial score (nSPS) is 16.3. The van der Waals surface area contributed by atoms with Crippen LogP contribution < -0.4 is 10.0 Å². The van der Waals surface area contributed by atoms with Crippen molar-refractivity contribution in [2.24, 2.45) is 0 Å². The molecule has 1 amide bonds. The number of hydrogen-bond acceptors (Lipinski definition) is 3. The molecule has 5 nitrogen and oxygen atoms in total. The molecule has 1 saturated carbocycles. The summed E-state index contributed by atoms with van der Waals surface area (Å²) in [5.74, 6) is 0.407. The van der Waals surface area contributed by atoms with E-state index in [0.29, 0.717) is 11.6 Å². The Labute approximate surface area is 174 Å². The number of benzene rings is 2. The van der Waals surface area contributed by atoms with Crippen molar-refractivity contribution in [3.8, 4) is 0 Å². The molecule has 156 valence electrons. The molecule has 29 heavy (non-hydrogen) atoms. The average Bonchev–Trinajstić information content (AvgIpc) is 3.50. The number of sulfonamides is 1. The van der Waals surface area contributed by atoms with Gasteiger partial charge in [-0.2, -0.15) is 0 Å². The second-order valence-electron chi connectivity index (χ2n) is 8.27. The zero-order valence-corrected chi connectivity index (χ0v) is 18.3. The van der Waals surface area contributed by atoms with E-state index in [9.17, 15) is 13.2 Å². The third-order valence-corrected chi connectivity index (χ3v) is 7.12. The van der Waals surface area contributed by atoms with Crippen LogP contribution >= 0.6 is 0 Å². The number of rotatable bonds is 8. The van der Waals surface area contributed by atoms with Gasteiger partial charge in [0.2, 0.25) is 5.91 Å². The molecule has 0 spiro atoms. The van der Waals surface area contributed by atoms with Crippen molar-refractivity contribution in [1.82, 2.24) is 5.32 Å². The first-order valence-electron chi connectivity index (χ1n) is 10.2. The summed E-state index contributed by atoms with van der Waals surface area (Å²) in [5.41, 5.74) is 2.05. The maximum atomic E-state index is 12.7. The summed E-state index contributed by atoms with van der Waals surface area (Å²) in [6.07, 6.45) is 2.53. The quantitative estimate of drug-likeness (QED) is 0.665. The summed E-state index contributed by atoms with van der Waals surface area (Å²) in [7, 11) is -3.65. The lowest BCUT2D eigenvalue weighted by Crippen LogP contribution is -2.39. The van der Waals surface area contributed by atoms with Crippen LogP contribution in [0.15, 0.2) is 53.4 Å². The summed E-state index contributed by atoms with van der Waals surface area (Å²) in [5, 5.41) is 3.07. The number of carbonyl (C=O) groups excluding carboxylic acids is 1. The van der Waals surface area contributed by atoms with Crippen molar-refractivity contribution in [3.63, 3.8) is 0 Å². The predicted octanol–water partition coefficient (Wildman–Crippen LogP) is 4.56. The second kappa shape index (κ2) is 8.19. The lowest BCUT2D eigenvalue weighted by molar-refractivity contribution is -0.124. The maximum absolute atomic E-state index is 12.7. The Morgan fingerprint density at radius 1 is 1.00 bits per heavy atom. The van der Waals surface area contributed by atoms with Crippen LogP contribution in [0, 0.1) is 0 Å². The molecule has 2 aromatic rings. The van der Waals surface area contributed by atoms with Crippen LogP contribution in [-0.4, -0.2) is 20.4 Å². The van der Waals surface area contributed by atoms with Gasteiger partial charge >= 0.3 is 0 Å². The fourth-order valence-electron chi connectivity index (χ4n) is 3.34. The van der Waals surface area contributed by atoms with Crippen molar-refractivity contribution in [2.75, 3.05) is 4.72 Å². The van der Waals surface area contributed by atoms with Crippen molar-refractivity contribution < 1.29 is 13.2 Å². The van der Waals surface area contributed by atoms with Gasteiger partial charge in [0.15, 0.2) is 0 Å². The van der Waals surface area contributed by atoms with Gasteiger partial charge in [0, 0.05) is 11.7 Å². The number of carbonyl (C=O) groups is 1. The lowest BCUT2D eigenvalue weighted by atomic mass is 9.94. The number of hydrogen-bond donors (Lipinski definition) is 2. The van der Waals surface area contributed by atoms with E-state index in [0.717, 1.165) is 30.4 Å². The SMILES string of the molecule is CCC(C)NC(=O)C1(c2ccc(NS(=O)(=O)c3ccc(C(C)C)cc3)cc2)CC1. The van der Waals surface area contributed by atoms with E-state index in [1.807, 2.05) is 38.1 Å². The molecule has 0 heterocycles. The zero-order chi connectivity index (χ0) is 21.2. The molecule has 1 atom stereocenters. The van der Waals surface area contributed by atoms with E-state index in [1.165, 1.54) is 0 Å². The molecule has 2 N–H and O–H groups in total. The van der Waals surface area contributed by atoms with Gasteiger partial charge in [-0.25, -0.2) is 8.42 Å². The first-order chi connectivity index (χ1) is 13.7. The number of amides is 1. The van der Waals surface area contributed by atoms with Gasteiger partial charge in [0.05, 0.1) is 10.3 Å². The Hall–Kier alpha value is -2.34. The predicted molar refractivity (Wildman–Crippen MR) is 117 cm³/mol. The third-order valence-electron chi connectivity index (χ3n) is 5.72. The van der Waals surface area contributed by atoms with Gasteiger partial charge in [0.1, 0.15) is 0 Å². The molecule has 0 aromatic heterocycles. The second-order valence-corrected chi connectivity index (χ2v) is 9.95. The van der Waals surface area contributed by atoms with Crippen LogP contribution in [-0.2, 0) is 20.2 Å². The van der Waals surface area contributed by atoms with E-state index in [2.05, 4.69) is 23.9 Å². The van der Waals surface area contributed by atoms with E-state index in [1.54, 1.807) is 24.3 Å². The van der Waals surface area contributed by atoms with E-state index >= 15 is 0 Å². The van der Waals surface area contributed by atoms with Crippen LogP contribution in [0.3, 0.4) is 0 Å². The Morgan fingerprint density at radius 3 is 2.07 bits per heavy atom. The largest absolute Gasteiger partial charge is 0.353 e. The molecule has 1 fully saturated rings. The topological polar surface area (TPSA) is 75.3 Å². The fourth-order valence-corrected chi connectivity index (χ4v) is 4.40. The average molecular weight is 415 g/mol. The Morgan fingerprint density at radius 2 is 1.59 bits per heavy atom. The first kappa shape index (κ1) is 21.4. The molecule has 6 heteroatoms. The van der Waals surface area contributed by atoms with Gasteiger partial charge in [-0.3, -0.25) is 9.52 Å². The molecular weight excluding hydrogens is 384 g/mol. The fraction of sp³-hybridized carbons (Fsp3) is 0.435. The highest BCUT2D eigenvalue weighted by Gasteiger charge is 2.51. The summed E-state index contributed by atoms with van der Waals surface area (Å²) in [6, 6.07) is 14.2. The molecule has 0 saturated heterocycles. The van der Waals surface area contributed by atoms with E-state index in [4.69, 9.17) is 0 Å². The molecular formula is C23H30N2O3S. The highest BCUT2D eigenvalue weighted by atomic mass is 32.2. The van der Waals surface area contributed by atoms with E-state index in [-0.39, 0.29) is 16.8 Å². The highest BCUT2D eigenvalue weighted by molar-refractivity contribution is 7.92. The summed E-state index contributed by atoms with van der Waals surface area (Å²) in [6.45, 7) is 8.18. The van der Waals surface area contributed by atoms with Crippen molar-refractivity contribution in [1.29, 1.82) is 0 Å². The zero-order valence-electron chi connectivity index (χ0n) is 17.5. The van der Waals surface area contributed by atoms with Gasteiger partial charge < -0.3 is 5.32 Å². The van der Waals surface area contributed by atoms with Crippen LogP contribution in [0.5, 0.6) is 0 Å². The molecule has 0 aliphatic heterocycles. The van der Waals surface area contributed by atoms with Crippen LogP contribution in [0.25, 0.3) is 0 Å². The Balaban J connectivity index is 1.73. The monoisotopic (exact) mass is 414 g/mol. The van der Waals surface area contributed by atoms with Gasteiger partial charge in [-0.15, -0.1) is 0 Å². The standard InChI is InChI=1S/C23H30N2O3S/c1-5-17(4)24-22(26)23(14-15-23)19-8-10-20(11-9-19)25-29(27,28)21-12-6-18(7-13-21)16(2)3/h6-13,16-17,25H,5,14-15H2,1-4H3,(H,24,26). The third kappa shape index (κ3) is 4.64. The minimum Gasteiger partial charge on any atom is -0.353 e. The lowest BCUT2D eigenvalue weighted by Gasteiger charge is -2.19. The van der Waals surface area contributed by atoms with Gasteiger partial charge in [-0.1, -0.05) is 45.0 Å². The summed E-state index contributed by atoms with van der Waals surface area (Å²) in [4.78, 5) is 12.9. The smallest absolute Gasteiger partial charge is 0.261 e. The number of anilines is 1. The summed E-state index contributed by atoms with van der Waals surface area (Å²) >= 11 is 0.